The lowest BCUT2D eigenvalue weighted by atomic mass is 9.81. The molecule has 0 aliphatic heterocycles. The van der Waals surface area contributed by atoms with E-state index in [0.29, 0.717) is 18.2 Å². The van der Waals surface area contributed by atoms with Crippen molar-refractivity contribution in [2.45, 2.75) is 52.6 Å². The summed E-state index contributed by atoms with van der Waals surface area (Å²) in [6.45, 7) is 8.19. The zero-order valence-corrected chi connectivity index (χ0v) is 13.8. The molecule has 1 aliphatic rings. The van der Waals surface area contributed by atoms with E-state index in [-0.39, 0.29) is 11.9 Å². The molecule has 1 unspecified atom stereocenters. The number of carbonyl (C=O) groups is 1. The number of urea groups is 1. The van der Waals surface area contributed by atoms with E-state index in [0.717, 1.165) is 18.7 Å². The van der Waals surface area contributed by atoms with Crippen molar-refractivity contribution in [2.75, 3.05) is 11.9 Å². The minimum atomic E-state index is -0.478. The molecule has 6 nitrogen and oxygen atoms in total. The van der Waals surface area contributed by atoms with Gasteiger partial charge in [0.05, 0.1) is 24.2 Å². The number of aliphatic hydroxyl groups is 1. The molecule has 1 saturated carbocycles. The number of anilines is 1. The van der Waals surface area contributed by atoms with Gasteiger partial charge in [0.1, 0.15) is 5.82 Å². The fourth-order valence-corrected chi connectivity index (χ4v) is 2.45. The Hall–Kier alpha value is -1.69. The van der Waals surface area contributed by atoms with Crippen LogP contribution in [0.25, 0.3) is 0 Å². The molecule has 1 heterocycles. The van der Waals surface area contributed by atoms with Crippen LogP contribution in [0.4, 0.5) is 10.5 Å². The normalized spacial score (nSPS) is 16.5. The Kier molecular flexibility index (Phi) is 5.01. The maximum absolute atomic E-state index is 11.9. The van der Waals surface area contributed by atoms with Gasteiger partial charge in [-0.15, -0.1) is 0 Å². The lowest BCUT2D eigenvalue weighted by molar-refractivity contribution is 0.0154. The molecule has 1 aliphatic carbocycles. The molecule has 1 fully saturated rings. The highest BCUT2D eigenvalue weighted by Crippen LogP contribution is 2.37. The van der Waals surface area contributed by atoms with E-state index < -0.39 is 11.5 Å². The molecule has 1 aromatic rings. The number of amides is 2. The van der Waals surface area contributed by atoms with Crippen LogP contribution in [0.2, 0.25) is 0 Å². The van der Waals surface area contributed by atoms with Crippen LogP contribution < -0.4 is 10.6 Å². The first-order valence-electron chi connectivity index (χ1n) is 7.84. The van der Waals surface area contributed by atoms with Crippen LogP contribution in [-0.2, 0) is 0 Å². The monoisotopic (exact) mass is 306 g/mol. The Bertz CT molecular complexity index is 509. The maximum atomic E-state index is 11.9. The third kappa shape index (κ3) is 4.40. The average Bonchev–Trinajstić information content (AvgIpc) is 3.30. The van der Waals surface area contributed by atoms with Gasteiger partial charge in [0.2, 0.25) is 0 Å². The first-order chi connectivity index (χ1) is 10.3. The van der Waals surface area contributed by atoms with Gasteiger partial charge in [-0.2, -0.15) is 0 Å². The average molecular weight is 306 g/mol. The summed E-state index contributed by atoms with van der Waals surface area (Å²) in [5.41, 5.74) is 0.182. The predicted molar refractivity (Wildman–Crippen MR) is 85.7 cm³/mol. The Morgan fingerprint density at radius 1 is 1.36 bits per heavy atom. The minimum absolute atomic E-state index is 0.142. The van der Waals surface area contributed by atoms with Crippen molar-refractivity contribution in [1.82, 2.24) is 15.3 Å². The molecule has 0 saturated heterocycles. The number of aliphatic hydroxyl groups excluding tert-OH is 1. The molecule has 2 amide bonds. The Balaban J connectivity index is 1.82. The van der Waals surface area contributed by atoms with Gasteiger partial charge in [-0.25, -0.2) is 14.8 Å². The van der Waals surface area contributed by atoms with Crippen molar-refractivity contribution in [3.8, 4) is 0 Å². The van der Waals surface area contributed by atoms with Crippen LogP contribution in [0.3, 0.4) is 0 Å². The van der Waals surface area contributed by atoms with E-state index in [9.17, 15) is 9.90 Å². The molecule has 22 heavy (non-hydrogen) atoms. The van der Waals surface area contributed by atoms with Crippen LogP contribution in [-0.4, -0.2) is 33.8 Å². The van der Waals surface area contributed by atoms with Crippen molar-refractivity contribution in [3.05, 3.63) is 18.2 Å². The summed E-state index contributed by atoms with van der Waals surface area (Å²) in [7, 11) is 0. The van der Waals surface area contributed by atoms with Gasteiger partial charge in [-0.3, -0.25) is 0 Å². The van der Waals surface area contributed by atoms with Crippen molar-refractivity contribution in [1.29, 1.82) is 0 Å². The molecule has 2 rings (SSSR count). The number of nitrogens with zero attached hydrogens (tertiary/aromatic N) is 2. The Morgan fingerprint density at radius 3 is 2.45 bits per heavy atom. The lowest BCUT2D eigenvalue weighted by Gasteiger charge is -2.33. The summed E-state index contributed by atoms with van der Waals surface area (Å²) in [5, 5.41) is 15.7. The van der Waals surface area contributed by atoms with E-state index >= 15 is 0 Å². The molecule has 0 radical (unpaired) electrons. The smallest absolute Gasteiger partial charge is 0.319 e. The number of carbonyl (C=O) groups excluding carboxylic acids is 1. The SMILES string of the molecule is CC(C)C(O)C(C)(C)CNC(=O)Nc1cnc(C2CC2)nc1. The third-order valence-corrected chi connectivity index (χ3v) is 4.01. The maximum Gasteiger partial charge on any atom is 0.319 e. The molecule has 3 N–H and O–H groups in total. The molecule has 0 spiro atoms. The standard InChI is InChI=1S/C16H26N4O2/c1-10(2)13(21)16(3,4)9-19-15(22)20-12-7-17-14(18-8-12)11-5-6-11/h7-8,10-11,13,21H,5-6,9H2,1-4H3,(H2,19,20,22). The van der Waals surface area contributed by atoms with Gasteiger partial charge >= 0.3 is 6.03 Å². The molecular formula is C16H26N4O2. The van der Waals surface area contributed by atoms with Crippen LogP contribution in [0.5, 0.6) is 0 Å². The quantitative estimate of drug-likeness (QED) is 0.753. The molecule has 1 aromatic heterocycles. The van der Waals surface area contributed by atoms with Crippen molar-refractivity contribution >= 4 is 11.7 Å². The lowest BCUT2D eigenvalue weighted by Crippen LogP contribution is -2.44. The molecule has 1 atom stereocenters. The van der Waals surface area contributed by atoms with Crippen molar-refractivity contribution < 1.29 is 9.90 Å². The first kappa shape index (κ1) is 16.7. The van der Waals surface area contributed by atoms with Crippen molar-refractivity contribution in [2.24, 2.45) is 11.3 Å². The van der Waals surface area contributed by atoms with Crippen LogP contribution in [0.1, 0.15) is 52.3 Å². The molecule has 122 valence electrons. The topological polar surface area (TPSA) is 87.1 Å². The van der Waals surface area contributed by atoms with Gasteiger partial charge < -0.3 is 15.7 Å². The second kappa shape index (κ2) is 6.60. The Labute approximate surface area is 131 Å². The highest BCUT2D eigenvalue weighted by Gasteiger charge is 2.30. The van der Waals surface area contributed by atoms with Crippen LogP contribution in [0.15, 0.2) is 12.4 Å². The number of rotatable bonds is 6. The molecule has 6 heteroatoms. The van der Waals surface area contributed by atoms with Gasteiger partial charge in [-0.05, 0) is 18.8 Å². The largest absolute Gasteiger partial charge is 0.392 e. The van der Waals surface area contributed by atoms with Crippen LogP contribution >= 0.6 is 0 Å². The summed E-state index contributed by atoms with van der Waals surface area (Å²) in [6, 6.07) is -0.313. The summed E-state index contributed by atoms with van der Waals surface area (Å²) in [4.78, 5) is 20.4. The van der Waals surface area contributed by atoms with E-state index in [4.69, 9.17) is 0 Å². The van der Waals surface area contributed by atoms with E-state index in [1.165, 1.54) is 0 Å². The highest BCUT2D eigenvalue weighted by atomic mass is 16.3. The number of nitrogens with one attached hydrogen (secondary N) is 2. The van der Waals surface area contributed by atoms with Crippen LogP contribution in [0, 0.1) is 11.3 Å². The second-order valence-corrected chi connectivity index (χ2v) is 7.09. The van der Waals surface area contributed by atoms with Crippen molar-refractivity contribution in [3.63, 3.8) is 0 Å². The van der Waals surface area contributed by atoms with E-state index in [1.807, 2.05) is 27.7 Å². The summed E-state index contributed by atoms with van der Waals surface area (Å²) in [6.07, 6.45) is 5.10. The minimum Gasteiger partial charge on any atom is -0.392 e. The third-order valence-electron chi connectivity index (χ3n) is 4.01. The van der Waals surface area contributed by atoms with E-state index in [1.54, 1.807) is 12.4 Å². The molecule has 0 aromatic carbocycles. The van der Waals surface area contributed by atoms with Gasteiger partial charge in [-0.1, -0.05) is 27.7 Å². The second-order valence-electron chi connectivity index (χ2n) is 7.09. The zero-order chi connectivity index (χ0) is 16.3. The Morgan fingerprint density at radius 2 is 1.95 bits per heavy atom. The number of aromatic nitrogens is 2. The first-order valence-corrected chi connectivity index (χ1v) is 7.84. The summed E-state index contributed by atoms with van der Waals surface area (Å²) >= 11 is 0. The summed E-state index contributed by atoms with van der Waals surface area (Å²) in [5.74, 6) is 1.50. The fourth-order valence-electron chi connectivity index (χ4n) is 2.45. The van der Waals surface area contributed by atoms with Gasteiger partial charge in [0.15, 0.2) is 0 Å². The van der Waals surface area contributed by atoms with Gasteiger partial charge in [0.25, 0.3) is 0 Å². The zero-order valence-electron chi connectivity index (χ0n) is 13.8. The number of hydrogen-bond donors (Lipinski definition) is 3. The van der Waals surface area contributed by atoms with Gasteiger partial charge in [0, 0.05) is 17.9 Å². The highest BCUT2D eigenvalue weighted by molar-refractivity contribution is 5.88. The predicted octanol–water partition coefficient (Wildman–Crippen LogP) is 2.52. The molecule has 0 bridgehead atoms. The van der Waals surface area contributed by atoms with E-state index in [2.05, 4.69) is 20.6 Å². The number of hydrogen-bond acceptors (Lipinski definition) is 4. The summed E-state index contributed by atoms with van der Waals surface area (Å²) < 4.78 is 0. The fraction of sp³-hybridized carbons (Fsp3) is 0.688. The molecular weight excluding hydrogens is 280 g/mol.